The first kappa shape index (κ1) is 24.5. The number of benzene rings is 2. The first-order chi connectivity index (χ1) is 15.3. The van der Waals surface area contributed by atoms with Crippen molar-refractivity contribution in [3.8, 4) is 0 Å². The molecule has 0 N–H and O–H groups in total. The molecule has 3 unspecified atom stereocenters. The van der Waals surface area contributed by atoms with Gasteiger partial charge in [0.1, 0.15) is 6.61 Å². The number of hydrogen-bond acceptors (Lipinski definition) is 9. The molecule has 0 heterocycles. The number of carbonyl (C=O) groups is 4. The van der Waals surface area contributed by atoms with Crippen LogP contribution in [0.1, 0.15) is 34.6 Å². The lowest BCUT2D eigenvalue weighted by Gasteiger charge is -2.30. The zero-order valence-corrected chi connectivity index (χ0v) is 17.9. The van der Waals surface area contributed by atoms with Gasteiger partial charge in [-0.2, -0.15) is 0 Å². The van der Waals surface area contributed by atoms with E-state index in [0.29, 0.717) is 0 Å². The van der Waals surface area contributed by atoms with Crippen molar-refractivity contribution >= 4 is 23.9 Å². The van der Waals surface area contributed by atoms with Gasteiger partial charge < -0.3 is 23.7 Å². The molecule has 0 saturated heterocycles. The van der Waals surface area contributed by atoms with Gasteiger partial charge in [-0.05, 0) is 24.3 Å². The van der Waals surface area contributed by atoms with Crippen LogP contribution in [-0.2, 0) is 33.3 Å². The maximum atomic E-state index is 12.5. The second-order valence-electron chi connectivity index (χ2n) is 6.56. The molecule has 9 nitrogen and oxygen atoms in total. The van der Waals surface area contributed by atoms with Gasteiger partial charge >= 0.3 is 23.9 Å². The summed E-state index contributed by atoms with van der Waals surface area (Å²) in [4.78, 5) is 48.1. The molecule has 170 valence electrons. The quantitative estimate of drug-likeness (QED) is 0.310. The predicted octanol–water partition coefficient (Wildman–Crippen LogP) is 2.54. The van der Waals surface area contributed by atoms with Crippen LogP contribution in [0.3, 0.4) is 0 Å². The summed E-state index contributed by atoms with van der Waals surface area (Å²) in [5, 5.41) is 0. The summed E-state index contributed by atoms with van der Waals surface area (Å²) in [6, 6.07) is 16.2. The van der Waals surface area contributed by atoms with Gasteiger partial charge in [-0.1, -0.05) is 36.4 Å². The summed E-state index contributed by atoms with van der Waals surface area (Å²) < 4.78 is 26.2. The Morgan fingerprint density at radius 2 is 1.22 bits per heavy atom. The highest BCUT2D eigenvalue weighted by atomic mass is 16.7. The molecule has 32 heavy (non-hydrogen) atoms. The number of methoxy groups -OCH3 is 1. The van der Waals surface area contributed by atoms with Gasteiger partial charge in [-0.25, -0.2) is 9.59 Å². The molecule has 0 amide bonds. The first-order valence-electron chi connectivity index (χ1n) is 9.67. The molecular weight excluding hydrogens is 420 g/mol. The minimum Gasteiger partial charge on any atom is -0.458 e. The largest absolute Gasteiger partial charge is 0.458 e. The van der Waals surface area contributed by atoms with Gasteiger partial charge in [-0.15, -0.1) is 0 Å². The number of ether oxygens (including phenoxy) is 5. The van der Waals surface area contributed by atoms with E-state index < -0.39 is 49.0 Å². The van der Waals surface area contributed by atoms with Crippen molar-refractivity contribution < 1.29 is 42.9 Å². The summed E-state index contributed by atoms with van der Waals surface area (Å²) in [5.41, 5.74) is 0.507. The Morgan fingerprint density at radius 1 is 0.719 bits per heavy atom. The second kappa shape index (κ2) is 12.2. The first-order valence-corrected chi connectivity index (χ1v) is 9.67. The van der Waals surface area contributed by atoms with Crippen LogP contribution in [0.15, 0.2) is 60.7 Å². The molecule has 0 spiro atoms. The number of hydrogen-bond donors (Lipinski definition) is 0. The van der Waals surface area contributed by atoms with Crippen molar-refractivity contribution in [2.75, 3.05) is 13.7 Å². The topological polar surface area (TPSA) is 114 Å². The third-order valence-electron chi connectivity index (χ3n) is 4.11. The molecule has 0 bridgehead atoms. The van der Waals surface area contributed by atoms with Crippen LogP contribution in [0.25, 0.3) is 0 Å². The van der Waals surface area contributed by atoms with E-state index in [-0.39, 0.29) is 11.1 Å². The molecule has 0 aliphatic carbocycles. The average Bonchev–Trinajstić information content (AvgIpc) is 2.79. The summed E-state index contributed by atoms with van der Waals surface area (Å²) in [7, 11) is 1.22. The normalized spacial score (nSPS) is 13.2. The fraction of sp³-hybridized carbons (Fsp3) is 0.304. The molecule has 0 aliphatic rings. The van der Waals surface area contributed by atoms with Crippen LogP contribution in [-0.4, -0.2) is 56.1 Å². The maximum absolute atomic E-state index is 12.5. The fourth-order valence-corrected chi connectivity index (χ4v) is 2.72. The van der Waals surface area contributed by atoms with E-state index in [9.17, 15) is 19.2 Å². The molecule has 0 aromatic heterocycles. The molecule has 9 heteroatoms. The lowest BCUT2D eigenvalue weighted by atomic mass is 10.2. The zero-order chi connectivity index (χ0) is 23.5. The highest BCUT2D eigenvalue weighted by molar-refractivity contribution is 5.89. The minimum atomic E-state index is -1.45. The zero-order valence-electron chi connectivity index (χ0n) is 17.9. The Labute approximate surface area is 185 Å². The van der Waals surface area contributed by atoms with E-state index >= 15 is 0 Å². The van der Waals surface area contributed by atoms with Gasteiger partial charge in [0.25, 0.3) is 0 Å². The molecular formula is C23H24O9. The fourth-order valence-electron chi connectivity index (χ4n) is 2.72. The molecule has 2 aromatic carbocycles. The molecule has 2 aromatic rings. The Kier molecular flexibility index (Phi) is 9.37. The highest BCUT2D eigenvalue weighted by Gasteiger charge is 2.39. The van der Waals surface area contributed by atoms with Crippen LogP contribution in [0.4, 0.5) is 0 Å². The smallest absolute Gasteiger partial charge is 0.340 e. The SMILES string of the molecule is COC(OC(=O)c1ccccc1)C(OC(C)=O)C(COC(=O)c1ccccc1)OC(C)=O. The van der Waals surface area contributed by atoms with Crippen molar-refractivity contribution in [1.29, 1.82) is 0 Å². The van der Waals surface area contributed by atoms with Crippen molar-refractivity contribution in [3.05, 3.63) is 71.8 Å². The Bertz CT molecular complexity index is 912. The standard InChI is InChI=1S/C23H24O9/c1-15(24)30-19(14-29-21(26)17-10-6-4-7-11-17)20(31-16(2)25)23(28-3)32-22(27)18-12-8-5-9-13-18/h4-13,19-20,23H,14H2,1-3H3. The van der Waals surface area contributed by atoms with E-state index in [2.05, 4.69) is 0 Å². The second-order valence-corrected chi connectivity index (χ2v) is 6.56. The van der Waals surface area contributed by atoms with E-state index in [1.54, 1.807) is 48.5 Å². The summed E-state index contributed by atoms with van der Waals surface area (Å²) in [5.74, 6) is -2.91. The van der Waals surface area contributed by atoms with Gasteiger partial charge in [0.15, 0.2) is 6.10 Å². The van der Waals surface area contributed by atoms with Crippen molar-refractivity contribution in [3.63, 3.8) is 0 Å². The summed E-state index contributed by atoms with van der Waals surface area (Å²) in [6.45, 7) is 1.78. The predicted molar refractivity (Wildman–Crippen MR) is 110 cm³/mol. The van der Waals surface area contributed by atoms with Crippen LogP contribution >= 0.6 is 0 Å². The Balaban J connectivity index is 2.22. The van der Waals surface area contributed by atoms with E-state index in [1.807, 2.05) is 0 Å². The summed E-state index contributed by atoms with van der Waals surface area (Å²) in [6.07, 6.45) is -4.17. The minimum absolute atomic E-state index is 0.232. The van der Waals surface area contributed by atoms with Crippen molar-refractivity contribution in [2.45, 2.75) is 32.3 Å². The molecule has 0 radical (unpaired) electrons. The van der Waals surface area contributed by atoms with Crippen molar-refractivity contribution in [1.82, 2.24) is 0 Å². The van der Waals surface area contributed by atoms with Gasteiger partial charge in [0.2, 0.25) is 12.4 Å². The van der Waals surface area contributed by atoms with E-state index in [1.165, 1.54) is 19.2 Å². The van der Waals surface area contributed by atoms with E-state index in [4.69, 9.17) is 23.7 Å². The van der Waals surface area contributed by atoms with Gasteiger partial charge in [0, 0.05) is 21.0 Å². The summed E-state index contributed by atoms with van der Waals surface area (Å²) >= 11 is 0. The molecule has 0 aliphatic heterocycles. The number of carbonyl (C=O) groups excluding carboxylic acids is 4. The van der Waals surface area contributed by atoms with Gasteiger partial charge in [0.05, 0.1) is 11.1 Å². The average molecular weight is 444 g/mol. The molecule has 3 atom stereocenters. The lowest BCUT2D eigenvalue weighted by molar-refractivity contribution is -0.212. The molecule has 2 rings (SSSR count). The maximum Gasteiger partial charge on any atom is 0.340 e. The molecule has 0 fully saturated rings. The van der Waals surface area contributed by atoms with Crippen molar-refractivity contribution in [2.24, 2.45) is 0 Å². The lowest BCUT2D eigenvalue weighted by Crippen LogP contribution is -2.48. The van der Waals surface area contributed by atoms with Crippen LogP contribution in [0.5, 0.6) is 0 Å². The highest BCUT2D eigenvalue weighted by Crippen LogP contribution is 2.17. The van der Waals surface area contributed by atoms with E-state index in [0.717, 1.165) is 13.8 Å². The monoisotopic (exact) mass is 444 g/mol. The number of rotatable bonds is 10. The van der Waals surface area contributed by atoms with Crippen LogP contribution in [0.2, 0.25) is 0 Å². The molecule has 0 saturated carbocycles. The third-order valence-corrected chi connectivity index (χ3v) is 4.11. The van der Waals surface area contributed by atoms with Crippen LogP contribution in [0, 0.1) is 0 Å². The number of esters is 4. The van der Waals surface area contributed by atoms with Crippen LogP contribution < -0.4 is 0 Å². The Hall–Kier alpha value is -3.72. The third kappa shape index (κ3) is 7.51. The van der Waals surface area contributed by atoms with Gasteiger partial charge in [-0.3, -0.25) is 9.59 Å². The Morgan fingerprint density at radius 3 is 1.69 bits per heavy atom.